The third-order valence-corrected chi connectivity index (χ3v) is 3.81. The molecule has 0 atom stereocenters. The highest BCUT2D eigenvalue weighted by atomic mass is 32.2. The van der Waals surface area contributed by atoms with Crippen molar-refractivity contribution >= 4 is 21.9 Å². The zero-order chi connectivity index (χ0) is 15.5. The van der Waals surface area contributed by atoms with Gasteiger partial charge in [-0.2, -0.15) is 4.98 Å². The first-order chi connectivity index (χ1) is 9.87. The quantitative estimate of drug-likeness (QED) is 0.812. The van der Waals surface area contributed by atoms with Crippen LogP contribution in [0.1, 0.15) is 32.0 Å². The van der Waals surface area contributed by atoms with E-state index in [-0.39, 0.29) is 23.6 Å². The summed E-state index contributed by atoms with van der Waals surface area (Å²) < 4.78 is 27.1. The van der Waals surface area contributed by atoms with Gasteiger partial charge in [-0.05, 0) is 25.2 Å². The lowest BCUT2D eigenvalue weighted by atomic mass is 10.3. The van der Waals surface area contributed by atoms with Crippen LogP contribution in [0.15, 0.2) is 4.52 Å². The van der Waals surface area contributed by atoms with Crippen molar-refractivity contribution in [3.8, 4) is 0 Å². The number of aromatic nitrogens is 2. The highest BCUT2D eigenvalue weighted by Gasteiger charge is 2.27. The second-order valence-electron chi connectivity index (χ2n) is 5.41. The van der Waals surface area contributed by atoms with Gasteiger partial charge in [-0.15, -0.1) is 0 Å². The Morgan fingerprint density at radius 2 is 2.19 bits per heavy atom. The van der Waals surface area contributed by atoms with Gasteiger partial charge < -0.3 is 9.42 Å². The molecule has 0 spiro atoms. The van der Waals surface area contributed by atoms with E-state index in [4.69, 9.17) is 4.52 Å². The summed E-state index contributed by atoms with van der Waals surface area (Å²) in [5.41, 5.74) is 0. The number of urea groups is 1. The Kier molecular flexibility index (Phi) is 4.81. The van der Waals surface area contributed by atoms with Gasteiger partial charge in [-0.25, -0.2) is 13.2 Å². The molecule has 21 heavy (non-hydrogen) atoms. The first-order valence-corrected chi connectivity index (χ1v) is 8.99. The molecule has 1 aliphatic carbocycles. The maximum absolute atomic E-state index is 12.1. The second kappa shape index (κ2) is 6.42. The maximum Gasteiger partial charge on any atom is 0.329 e. The number of rotatable bonds is 7. The van der Waals surface area contributed by atoms with Gasteiger partial charge in [0, 0.05) is 19.3 Å². The first kappa shape index (κ1) is 15.7. The molecule has 8 nitrogen and oxygen atoms in total. The zero-order valence-corrected chi connectivity index (χ0v) is 13.0. The molecule has 1 fully saturated rings. The predicted octanol–water partition coefficient (Wildman–Crippen LogP) is 1.27. The normalized spacial score (nSPS) is 15.0. The lowest BCUT2D eigenvalue weighted by molar-refractivity contribution is 0.208. The van der Waals surface area contributed by atoms with Crippen LogP contribution in [0.2, 0.25) is 0 Å². The van der Waals surface area contributed by atoms with Crippen LogP contribution in [0.3, 0.4) is 0 Å². The number of sulfone groups is 1. The first-order valence-electron chi connectivity index (χ1n) is 6.93. The smallest absolute Gasteiger partial charge is 0.324 e. The number of carbonyl (C=O) groups is 1. The average Bonchev–Trinajstić information content (AvgIpc) is 3.08. The largest absolute Gasteiger partial charge is 0.329 e. The summed E-state index contributed by atoms with van der Waals surface area (Å²) in [4.78, 5) is 17.7. The Morgan fingerprint density at radius 1 is 1.48 bits per heavy atom. The third kappa shape index (κ3) is 5.33. The Hall–Kier alpha value is -1.64. The van der Waals surface area contributed by atoms with Crippen LogP contribution in [0.25, 0.3) is 0 Å². The van der Waals surface area contributed by atoms with Crippen molar-refractivity contribution in [2.45, 2.75) is 31.9 Å². The lowest BCUT2D eigenvalue weighted by Crippen LogP contribution is -2.37. The van der Waals surface area contributed by atoms with Gasteiger partial charge in [0.05, 0.1) is 0 Å². The predicted molar refractivity (Wildman–Crippen MR) is 76.5 cm³/mol. The number of hydrogen-bond donors (Lipinski definition) is 1. The molecule has 0 unspecified atom stereocenters. The SMILES string of the molecule is CCCN(CC1CC1)C(=O)Nc1nc(CS(C)(=O)=O)no1. The van der Waals surface area contributed by atoms with Crippen LogP contribution >= 0.6 is 0 Å². The van der Waals surface area contributed by atoms with Gasteiger partial charge in [-0.1, -0.05) is 12.1 Å². The van der Waals surface area contributed by atoms with Gasteiger partial charge in [0.2, 0.25) is 0 Å². The summed E-state index contributed by atoms with van der Waals surface area (Å²) >= 11 is 0. The molecular formula is C12H20N4O4S. The van der Waals surface area contributed by atoms with Gasteiger partial charge in [0.15, 0.2) is 15.7 Å². The van der Waals surface area contributed by atoms with Gasteiger partial charge >= 0.3 is 12.0 Å². The second-order valence-corrected chi connectivity index (χ2v) is 7.55. The van der Waals surface area contributed by atoms with Crippen molar-refractivity contribution < 1.29 is 17.7 Å². The minimum absolute atomic E-state index is 0.0389. The van der Waals surface area contributed by atoms with Crippen molar-refractivity contribution in [2.24, 2.45) is 5.92 Å². The van der Waals surface area contributed by atoms with Crippen molar-refractivity contribution in [2.75, 3.05) is 24.7 Å². The standard InChI is InChI=1S/C12H20N4O4S/c1-3-6-16(7-9-4-5-9)12(17)14-11-13-10(15-20-11)8-21(2,18)19/h9H,3-8H2,1-2H3,(H,13,14,15,17). The van der Waals surface area contributed by atoms with E-state index in [1.807, 2.05) is 6.92 Å². The molecule has 0 aliphatic heterocycles. The fraction of sp³-hybridized carbons (Fsp3) is 0.750. The van der Waals surface area contributed by atoms with Crippen molar-refractivity contribution in [1.82, 2.24) is 15.0 Å². The van der Waals surface area contributed by atoms with E-state index in [1.165, 1.54) is 0 Å². The summed E-state index contributed by atoms with van der Waals surface area (Å²) in [5.74, 6) is 0.315. The van der Waals surface area contributed by atoms with E-state index < -0.39 is 9.84 Å². The minimum atomic E-state index is -3.23. The molecule has 0 aromatic carbocycles. The van der Waals surface area contributed by atoms with Crippen LogP contribution in [0.5, 0.6) is 0 Å². The molecule has 118 valence electrons. The molecule has 2 amide bonds. The number of nitrogens with zero attached hydrogens (tertiary/aromatic N) is 3. The lowest BCUT2D eigenvalue weighted by Gasteiger charge is -2.21. The van der Waals surface area contributed by atoms with Crippen LogP contribution < -0.4 is 5.32 Å². The van der Waals surface area contributed by atoms with Crippen molar-refractivity contribution in [1.29, 1.82) is 0 Å². The van der Waals surface area contributed by atoms with Crippen LogP contribution in [-0.2, 0) is 15.6 Å². The highest BCUT2D eigenvalue weighted by molar-refractivity contribution is 7.89. The summed E-state index contributed by atoms with van der Waals surface area (Å²) in [5, 5.41) is 6.05. The molecule has 1 saturated carbocycles. The molecule has 1 aromatic heterocycles. The number of anilines is 1. The molecule has 2 rings (SSSR count). The fourth-order valence-corrected chi connectivity index (χ4v) is 2.51. The molecule has 0 radical (unpaired) electrons. The number of amides is 2. The summed E-state index contributed by atoms with van der Waals surface area (Å²) in [6.07, 6.45) is 4.27. The highest BCUT2D eigenvalue weighted by Crippen LogP contribution is 2.29. The average molecular weight is 316 g/mol. The minimum Gasteiger partial charge on any atom is -0.324 e. The summed E-state index contributed by atoms with van der Waals surface area (Å²) in [6.45, 7) is 3.39. The van der Waals surface area contributed by atoms with Crippen molar-refractivity contribution in [3.63, 3.8) is 0 Å². The molecule has 1 heterocycles. The summed E-state index contributed by atoms with van der Waals surface area (Å²) in [7, 11) is -3.23. The third-order valence-electron chi connectivity index (χ3n) is 3.03. The fourth-order valence-electron chi connectivity index (χ4n) is 1.93. The van der Waals surface area contributed by atoms with Crippen LogP contribution in [-0.4, -0.2) is 48.8 Å². The van der Waals surface area contributed by atoms with E-state index in [1.54, 1.807) is 4.90 Å². The number of nitrogens with one attached hydrogen (secondary N) is 1. The summed E-state index contributed by atoms with van der Waals surface area (Å²) in [6, 6.07) is -0.367. The monoisotopic (exact) mass is 316 g/mol. The van der Waals surface area contributed by atoms with Crippen molar-refractivity contribution in [3.05, 3.63) is 5.82 Å². The Morgan fingerprint density at radius 3 is 2.76 bits per heavy atom. The molecule has 1 aromatic rings. The Bertz CT molecular complexity index is 594. The van der Waals surface area contributed by atoms with Crippen LogP contribution in [0, 0.1) is 5.92 Å². The number of carbonyl (C=O) groups excluding carboxylic acids is 1. The molecular weight excluding hydrogens is 296 g/mol. The van der Waals surface area contributed by atoms with E-state index in [0.717, 1.165) is 32.1 Å². The number of hydrogen-bond acceptors (Lipinski definition) is 6. The molecule has 0 saturated heterocycles. The molecule has 9 heteroatoms. The molecule has 0 bridgehead atoms. The van der Waals surface area contributed by atoms with E-state index in [9.17, 15) is 13.2 Å². The van der Waals surface area contributed by atoms with E-state index in [2.05, 4.69) is 15.5 Å². The Labute approximate surface area is 123 Å². The maximum atomic E-state index is 12.1. The van der Waals surface area contributed by atoms with Gasteiger partial charge in [-0.3, -0.25) is 5.32 Å². The zero-order valence-electron chi connectivity index (χ0n) is 12.2. The van der Waals surface area contributed by atoms with Gasteiger partial charge in [0.25, 0.3) is 0 Å². The van der Waals surface area contributed by atoms with Crippen LogP contribution in [0.4, 0.5) is 10.8 Å². The van der Waals surface area contributed by atoms with Gasteiger partial charge in [0.1, 0.15) is 5.75 Å². The van der Waals surface area contributed by atoms with E-state index in [0.29, 0.717) is 12.5 Å². The molecule has 1 N–H and O–H groups in total. The molecule has 1 aliphatic rings. The van der Waals surface area contributed by atoms with E-state index >= 15 is 0 Å². The topological polar surface area (TPSA) is 105 Å². The Balaban J connectivity index is 1.94.